The van der Waals surface area contributed by atoms with Gasteiger partial charge in [0.05, 0.1) is 6.04 Å². The number of amides is 3. The quantitative estimate of drug-likeness (QED) is 0.615. The lowest BCUT2D eigenvalue weighted by Gasteiger charge is -2.26. The minimum absolute atomic E-state index is 0.291. The average Bonchev–Trinajstić information content (AvgIpc) is 2.30. The number of carbonyl (C=O) groups excluding carboxylic acids is 2. The van der Waals surface area contributed by atoms with Crippen molar-refractivity contribution in [1.82, 2.24) is 16.0 Å². The molecule has 6 heteroatoms. The third-order valence-corrected chi connectivity index (χ3v) is 2.56. The number of nitrogens with one attached hydrogen (secondary N) is 3. The Bertz CT molecular complexity index is 252. The van der Waals surface area contributed by atoms with Crippen LogP contribution in [0.1, 0.15) is 19.8 Å². The summed E-state index contributed by atoms with van der Waals surface area (Å²) in [5, 5.41) is 7.75. The van der Waals surface area contributed by atoms with Crippen LogP contribution in [0.3, 0.4) is 0 Å². The zero-order chi connectivity index (χ0) is 12.0. The third kappa shape index (κ3) is 4.16. The summed E-state index contributed by atoms with van der Waals surface area (Å²) in [6.45, 7) is 3.19. The molecule has 0 saturated carbocycles. The SMILES string of the molecule is CNC(=O)NC(=O)C(C)NC1CCOCC1. The molecule has 1 rings (SSSR count). The van der Waals surface area contributed by atoms with E-state index in [0.717, 1.165) is 26.1 Å². The van der Waals surface area contributed by atoms with Crippen LogP contribution in [0.25, 0.3) is 0 Å². The molecule has 0 bridgehead atoms. The second kappa shape index (κ2) is 6.44. The predicted molar refractivity (Wildman–Crippen MR) is 59.0 cm³/mol. The Balaban J connectivity index is 2.29. The van der Waals surface area contributed by atoms with Crippen LogP contribution in [-0.2, 0) is 9.53 Å². The van der Waals surface area contributed by atoms with Crippen molar-refractivity contribution in [2.75, 3.05) is 20.3 Å². The fourth-order valence-electron chi connectivity index (χ4n) is 1.58. The van der Waals surface area contributed by atoms with Gasteiger partial charge in [-0.25, -0.2) is 4.79 Å². The zero-order valence-electron chi connectivity index (χ0n) is 9.71. The van der Waals surface area contributed by atoms with Crippen LogP contribution in [-0.4, -0.2) is 44.3 Å². The topological polar surface area (TPSA) is 79.5 Å². The van der Waals surface area contributed by atoms with Crippen molar-refractivity contribution < 1.29 is 14.3 Å². The van der Waals surface area contributed by atoms with Crippen molar-refractivity contribution in [3.05, 3.63) is 0 Å². The molecule has 1 atom stereocenters. The van der Waals surface area contributed by atoms with Crippen LogP contribution in [0.15, 0.2) is 0 Å². The van der Waals surface area contributed by atoms with Gasteiger partial charge in [-0.15, -0.1) is 0 Å². The van der Waals surface area contributed by atoms with E-state index in [2.05, 4.69) is 16.0 Å². The van der Waals surface area contributed by atoms with Gasteiger partial charge in [-0.2, -0.15) is 0 Å². The number of hydrogen-bond donors (Lipinski definition) is 3. The summed E-state index contributed by atoms with van der Waals surface area (Å²) in [7, 11) is 1.47. The number of ether oxygens (including phenoxy) is 1. The van der Waals surface area contributed by atoms with E-state index in [-0.39, 0.29) is 11.9 Å². The predicted octanol–water partition coefficient (Wildman–Crippen LogP) is -0.401. The summed E-state index contributed by atoms with van der Waals surface area (Å²) in [4.78, 5) is 22.4. The first-order chi connectivity index (χ1) is 7.63. The number of rotatable bonds is 3. The van der Waals surface area contributed by atoms with Gasteiger partial charge in [0, 0.05) is 26.3 Å². The summed E-state index contributed by atoms with van der Waals surface area (Å²) >= 11 is 0. The van der Waals surface area contributed by atoms with Crippen LogP contribution in [0.4, 0.5) is 4.79 Å². The molecule has 1 aliphatic heterocycles. The van der Waals surface area contributed by atoms with Crippen molar-refractivity contribution in [2.24, 2.45) is 0 Å². The van der Waals surface area contributed by atoms with E-state index in [1.54, 1.807) is 6.92 Å². The second-order valence-corrected chi connectivity index (χ2v) is 3.84. The molecule has 1 unspecified atom stereocenters. The van der Waals surface area contributed by atoms with E-state index >= 15 is 0 Å². The number of carbonyl (C=O) groups is 2. The highest BCUT2D eigenvalue weighted by Crippen LogP contribution is 2.06. The molecule has 92 valence electrons. The van der Waals surface area contributed by atoms with Crippen molar-refractivity contribution in [3.8, 4) is 0 Å². The molecule has 1 fully saturated rings. The standard InChI is InChI=1S/C10H19N3O3/c1-7(9(14)13-10(15)11-2)12-8-3-5-16-6-4-8/h7-8,12H,3-6H2,1-2H3,(H2,11,13,14,15). The maximum Gasteiger partial charge on any atom is 0.321 e. The van der Waals surface area contributed by atoms with Gasteiger partial charge in [0.1, 0.15) is 0 Å². The highest BCUT2D eigenvalue weighted by atomic mass is 16.5. The van der Waals surface area contributed by atoms with Crippen LogP contribution in [0.5, 0.6) is 0 Å². The van der Waals surface area contributed by atoms with Crippen molar-refractivity contribution in [2.45, 2.75) is 31.8 Å². The molecule has 0 aliphatic carbocycles. The molecule has 0 spiro atoms. The smallest absolute Gasteiger partial charge is 0.321 e. The monoisotopic (exact) mass is 229 g/mol. The molecule has 0 radical (unpaired) electrons. The molecule has 0 aromatic rings. The molecule has 1 heterocycles. The van der Waals surface area contributed by atoms with Crippen molar-refractivity contribution in [1.29, 1.82) is 0 Å². The Kier molecular flexibility index (Phi) is 5.21. The Morgan fingerprint density at radius 2 is 1.94 bits per heavy atom. The third-order valence-electron chi connectivity index (χ3n) is 2.56. The van der Waals surface area contributed by atoms with Crippen LogP contribution < -0.4 is 16.0 Å². The lowest BCUT2D eigenvalue weighted by atomic mass is 10.1. The minimum Gasteiger partial charge on any atom is -0.381 e. The highest BCUT2D eigenvalue weighted by molar-refractivity contribution is 5.96. The molecular weight excluding hydrogens is 210 g/mol. The molecule has 3 amide bonds. The second-order valence-electron chi connectivity index (χ2n) is 3.84. The van der Waals surface area contributed by atoms with E-state index in [1.165, 1.54) is 7.05 Å². The molecule has 0 aromatic heterocycles. The molecule has 16 heavy (non-hydrogen) atoms. The number of urea groups is 1. The van der Waals surface area contributed by atoms with E-state index in [0.29, 0.717) is 6.04 Å². The number of imide groups is 1. The maximum atomic E-state index is 11.5. The van der Waals surface area contributed by atoms with E-state index in [4.69, 9.17) is 4.74 Å². The van der Waals surface area contributed by atoms with Gasteiger partial charge in [-0.1, -0.05) is 0 Å². The fraction of sp³-hybridized carbons (Fsp3) is 0.800. The molecule has 0 aromatic carbocycles. The van der Waals surface area contributed by atoms with Crippen molar-refractivity contribution in [3.63, 3.8) is 0 Å². The first-order valence-electron chi connectivity index (χ1n) is 5.50. The van der Waals surface area contributed by atoms with Crippen LogP contribution >= 0.6 is 0 Å². The fourth-order valence-corrected chi connectivity index (χ4v) is 1.58. The largest absolute Gasteiger partial charge is 0.381 e. The first-order valence-corrected chi connectivity index (χ1v) is 5.50. The normalized spacial score (nSPS) is 18.9. The van der Waals surface area contributed by atoms with E-state index in [1.807, 2.05) is 0 Å². The van der Waals surface area contributed by atoms with Gasteiger partial charge in [0.25, 0.3) is 0 Å². The zero-order valence-corrected chi connectivity index (χ0v) is 9.71. The maximum absolute atomic E-state index is 11.5. The first kappa shape index (κ1) is 12.9. The molecule has 6 nitrogen and oxygen atoms in total. The van der Waals surface area contributed by atoms with Gasteiger partial charge in [-0.3, -0.25) is 10.1 Å². The minimum atomic E-state index is -0.481. The Labute approximate surface area is 95.1 Å². The Hall–Kier alpha value is -1.14. The average molecular weight is 229 g/mol. The van der Waals surface area contributed by atoms with Gasteiger partial charge in [0.15, 0.2) is 0 Å². The molecule has 1 aliphatic rings. The lowest BCUT2D eigenvalue weighted by Crippen LogP contribution is -2.51. The Morgan fingerprint density at radius 3 is 2.50 bits per heavy atom. The summed E-state index contributed by atoms with van der Waals surface area (Å²) in [6.07, 6.45) is 1.80. The summed E-state index contributed by atoms with van der Waals surface area (Å²) in [5.41, 5.74) is 0. The summed E-state index contributed by atoms with van der Waals surface area (Å²) in [6, 6.07) is -0.565. The van der Waals surface area contributed by atoms with Gasteiger partial charge < -0.3 is 15.4 Å². The van der Waals surface area contributed by atoms with Gasteiger partial charge >= 0.3 is 6.03 Å². The summed E-state index contributed by atoms with van der Waals surface area (Å²) < 4.78 is 5.22. The Morgan fingerprint density at radius 1 is 1.31 bits per heavy atom. The van der Waals surface area contributed by atoms with Crippen molar-refractivity contribution >= 4 is 11.9 Å². The van der Waals surface area contributed by atoms with Crippen LogP contribution in [0.2, 0.25) is 0 Å². The molecule has 1 saturated heterocycles. The molecule has 3 N–H and O–H groups in total. The van der Waals surface area contributed by atoms with E-state index in [9.17, 15) is 9.59 Å². The molecular formula is C10H19N3O3. The summed E-state index contributed by atoms with van der Waals surface area (Å²) in [5.74, 6) is -0.314. The highest BCUT2D eigenvalue weighted by Gasteiger charge is 2.20. The van der Waals surface area contributed by atoms with E-state index < -0.39 is 6.03 Å². The van der Waals surface area contributed by atoms with Gasteiger partial charge in [-0.05, 0) is 19.8 Å². The lowest BCUT2D eigenvalue weighted by molar-refractivity contribution is -0.122. The van der Waals surface area contributed by atoms with Crippen LogP contribution in [0, 0.1) is 0 Å². The van der Waals surface area contributed by atoms with Gasteiger partial charge in [0.2, 0.25) is 5.91 Å². The number of hydrogen-bond acceptors (Lipinski definition) is 4.